The average molecular weight is 521 g/mol. The van der Waals surface area contributed by atoms with Crippen molar-refractivity contribution in [3.63, 3.8) is 0 Å². The number of hydrogen-bond donors (Lipinski definition) is 4. The summed E-state index contributed by atoms with van der Waals surface area (Å²) in [7, 11) is 2.01. The normalized spacial score (nSPS) is 26.1. The van der Waals surface area contributed by atoms with Crippen molar-refractivity contribution >= 4 is 36.5 Å². The van der Waals surface area contributed by atoms with Gasteiger partial charge in [-0.1, -0.05) is 0 Å². The Morgan fingerprint density at radius 2 is 1.76 bits per heavy atom. The molecule has 2 fully saturated rings. The Morgan fingerprint density at radius 3 is 2.30 bits per heavy atom. The number of ether oxygens (including phenoxy) is 2. The number of halogens is 5. The van der Waals surface area contributed by atoms with E-state index in [0.717, 1.165) is 38.3 Å². The first kappa shape index (κ1) is 29.5. The van der Waals surface area contributed by atoms with Gasteiger partial charge in [0.05, 0.1) is 18.8 Å². The number of nitrogens with zero attached hydrogens (tertiary/aromatic N) is 2. The molecule has 0 saturated carbocycles. The fourth-order valence-electron chi connectivity index (χ4n) is 3.82. The minimum absolute atomic E-state index is 0. The molecule has 0 spiro atoms. The quantitative estimate of drug-likeness (QED) is 0.447. The molecule has 2 aliphatic heterocycles. The second-order valence-electron chi connectivity index (χ2n) is 7.62. The summed E-state index contributed by atoms with van der Waals surface area (Å²) in [4.78, 5) is 16.5. The molecule has 2 amide bonds. The fourth-order valence-corrected chi connectivity index (χ4v) is 3.82. The van der Waals surface area contributed by atoms with Crippen LogP contribution in [0.5, 0.6) is 5.75 Å². The summed E-state index contributed by atoms with van der Waals surface area (Å²) in [5, 5.41) is 25.2. The van der Waals surface area contributed by atoms with E-state index in [2.05, 4.69) is 25.2 Å². The number of benzene rings is 1. The largest absolute Gasteiger partial charge is 0.573 e. The maximum Gasteiger partial charge on any atom is 0.573 e. The molecule has 4 N–H and O–H groups in total. The van der Waals surface area contributed by atoms with Gasteiger partial charge in [0.25, 0.3) is 0 Å². The standard InChI is InChI=1S/C19H27F3N4O5.2ClH/c1-25-6-8-26(9-7-25)16-14(30-15(11-27)17(16)28)10-23-18(29)24-12-2-4-13(5-3-12)31-19(20,21)22;;/h2-5,14-17,27-28H,6-11H2,1H3,(H2,23,24,29);2*1H/t14-,15+,16+,17-;;/m1../s1. The van der Waals surface area contributed by atoms with Gasteiger partial charge in [0.15, 0.2) is 0 Å². The number of urea groups is 1. The lowest BCUT2D eigenvalue weighted by atomic mass is 10.0. The minimum Gasteiger partial charge on any atom is -0.406 e. The van der Waals surface area contributed by atoms with Crippen molar-refractivity contribution < 1.29 is 37.7 Å². The molecular weight excluding hydrogens is 492 g/mol. The summed E-state index contributed by atoms with van der Waals surface area (Å²) in [6.45, 7) is 2.89. The van der Waals surface area contributed by atoms with E-state index in [1.807, 2.05) is 7.05 Å². The second kappa shape index (κ2) is 12.8. The summed E-state index contributed by atoms with van der Waals surface area (Å²) >= 11 is 0. The number of aliphatic hydroxyl groups is 2. The maximum absolute atomic E-state index is 12.2. The number of carbonyl (C=O) groups excluding carboxylic acids is 1. The number of alkyl halides is 3. The van der Waals surface area contributed by atoms with Crippen molar-refractivity contribution in [3.05, 3.63) is 24.3 Å². The number of nitrogens with one attached hydrogen (secondary N) is 2. The highest BCUT2D eigenvalue weighted by atomic mass is 35.5. The van der Waals surface area contributed by atoms with Gasteiger partial charge in [-0.25, -0.2) is 4.79 Å². The predicted molar refractivity (Wildman–Crippen MR) is 119 cm³/mol. The van der Waals surface area contributed by atoms with Crippen LogP contribution in [0, 0.1) is 0 Å². The molecule has 9 nitrogen and oxygen atoms in total. The number of piperazine rings is 1. The number of likely N-dealkylation sites (N-methyl/N-ethyl adjacent to an activating group) is 1. The highest BCUT2D eigenvalue weighted by Gasteiger charge is 2.46. The average Bonchev–Trinajstić information content (AvgIpc) is 3.03. The molecule has 1 aromatic carbocycles. The van der Waals surface area contributed by atoms with Crippen LogP contribution in [0.2, 0.25) is 0 Å². The van der Waals surface area contributed by atoms with Crippen LogP contribution in [-0.2, 0) is 4.74 Å². The maximum atomic E-state index is 12.2. The zero-order valence-electron chi connectivity index (χ0n) is 17.8. The lowest BCUT2D eigenvalue weighted by molar-refractivity contribution is -0.274. The lowest BCUT2D eigenvalue weighted by Crippen LogP contribution is -2.57. The Morgan fingerprint density at radius 1 is 1.15 bits per heavy atom. The van der Waals surface area contributed by atoms with E-state index in [1.165, 1.54) is 12.1 Å². The Hall–Kier alpha value is -1.54. The van der Waals surface area contributed by atoms with Gasteiger partial charge < -0.3 is 35.2 Å². The number of rotatable bonds is 6. The molecule has 3 rings (SSSR count). The Labute approximate surface area is 202 Å². The molecule has 0 aliphatic carbocycles. The lowest BCUT2D eigenvalue weighted by Gasteiger charge is -2.39. The molecule has 0 bridgehead atoms. The minimum atomic E-state index is -4.79. The third-order valence-electron chi connectivity index (χ3n) is 5.41. The van der Waals surface area contributed by atoms with Gasteiger partial charge in [0.2, 0.25) is 0 Å². The van der Waals surface area contributed by atoms with E-state index >= 15 is 0 Å². The number of anilines is 1. The highest BCUT2D eigenvalue weighted by molar-refractivity contribution is 5.89. The predicted octanol–water partition coefficient (Wildman–Crippen LogP) is 1.29. The van der Waals surface area contributed by atoms with E-state index in [0.29, 0.717) is 0 Å². The van der Waals surface area contributed by atoms with Crippen LogP contribution in [0.25, 0.3) is 0 Å². The molecule has 0 aromatic heterocycles. The first-order valence-corrected chi connectivity index (χ1v) is 9.94. The van der Waals surface area contributed by atoms with Gasteiger partial charge in [-0.2, -0.15) is 0 Å². The Balaban J connectivity index is 0.00000272. The number of amides is 2. The summed E-state index contributed by atoms with van der Waals surface area (Å²) in [6.07, 6.45) is -6.93. The van der Waals surface area contributed by atoms with Crippen LogP contribution in [0.4, 0.5) is 23.7 Å². The third kappa shape index (κ3) is 8.32. The van der Waals surface area contributed by atoms with Crippen LogP contribution in [0.1, 0.15) is 0 Å². The van der Waals surface area contributed by atoms with Gasteiger partial charge in [0, 0.05) is 38.4 Å². The van der Waals surface area contributed by atoms with Crippen LogP contribution < -0.4 is 15.4 Å². The van der Waals surface area contributed by atoms with Crippen LogP contribution in [0.3, 0.4) is 0 Å². The third-order valence-corrected chi connectivity index (χ3v) is 5.41. The Bertz CT molecular complexity index is 739. The van der Waals surface area contributed by atoms with Crippen molar-refractivity contribution in [1.82, 2.24) is 15.1 Å². The molecule has 0 unspecified atom stereocenters. The molecule has 0 radical (unpaired) electrons. The monoisotopic (exact) mass is 520 g/mol. The zero-order valence-corrected chi connectivity index (χ0v) is 19.5. The van der Waals surface area contributed by atoms with Gasteiger partial charge in [-0.15, -0.1) is 38.0 Å². The summed E-state index contributed by atoms with van der Waals surface area (Å²) in [5.74, 6) is -0.392. The summed E-state index contributed by atoms with van der Waals surface area (Å²) in [6, 6.07) is 3.80. The Kier molecular flexibility index (Phi) is 11.4. The molecular formula is C19H29Cl2F3N4O5. The molecule has 190 valence electrons. The molecule has 4 atom stereocenters. The van der Waals surface area contributed by atoms with E-state index in [1.54, 1.807) is 0 Å². The molecule has 1 aromatic rings. The van der Waals surface area contributed by atoms with Gasteiger partial charge in [-0.3, -0.25) is 4.90 Å². The molecule has 14 heteroatoms. The van der Waals surface area contributed by atoms with Crippen molar-refractivity contribution in [2.75, 3.05) is 51.7 Å². The van der Waals surface area contributed by atoms with E-state index in [4.69, 9.17) is 4.74 Å². The molecule has 2 saturated heterocycles. The number of aliphatic hydroxyl groups excluding tert-OH is 2. The van der Waals surface area contributed by atoms with E-state index < -0.39 is 36.5 Å². The van der Waals surface area contributed by atoms with E-state index in [9.17, 15) is 28.2 Å². The number of hydrogen-bond acceptors (Lipinski definition) is 7. The zero-order chi connectivity index (χ0) is 22.6. The fraction of sp³-hybridized carbons (Fsp3) is 0.632. The molecule has 33 heavy (non-hydrogen) atoms. The van der Waals surface area contributed by atoms with Gasteiger partial charge in [-0.05, 0) is 31.3 Å². The summed E-state index contributed by atoms with van der Waals surface area (Å²) < 4.78 is 46.2. The smallest absolute Gasteiger partial charge is 0.406 e. The van der Waals surface area contributed by atoms with Crippen molar-refractivity contribution in [2.45, 2.75) is 30.7 Å². The van der Waals surface area contributed by atoms with Gasteiger partial charge >= 0.3 is 12.4 Å². The van der Waals surface area contributed by atoms with Crippen molar-refractivity contribution in [3.8, 4) is 5.75 Å². The van der Waals surface area contributed by atoms with Crippen LogP contribution >= 0.6 is 24.8 Å². The highest BCUT2D eigenvalue weighted by Crippen LogP contribution is 2.27. The van der Waals surface area contributed by atoms with Gasteiger partial charge in [0.1, 0.15) is 18.0 Å². The molecule has 2 aliphatic rings. The van der Waals surface area contributed by atoms with E-state index in [-0.39, 0.29) is 49.7 Å². The van der Waals surface area contributed by atoms with Crippen LogP contribution in [0.15, 0.2) is 24.3 Å². The first-order valence-electron chi connectivity index (χ1n) is 9.94. The van der Waals surface area contributed by atoms with Crippen LogP contribution in [-0.4, -0.2) is 103 Å². The molecule has 2 heterocycles. The summed E-state index contributed by atoms with van der Waals surface area (Å²) in [5.41, 5.74) is 0.281. The van der Waals surface area contributed by atoms with Crippen molar-refractivity contribution in [2.24, 2.45) is 0 Å². The number of carbonyl (C=O) groups is 1. The second-order valence-corrected chi connectivity index (χ2v) is 7.62. The topological polar surface area (TPSA) is 107 Å². The SMILES string of the molecule is CN1CCN([C@@H]2[C@H](O)[C@H](CO)O[C@@H]2CNC(=O)Nc2ccc(OC(F)(F)F)cc2)CC1.Cl.Cl. The van der Waals surface area contributed by atoms with Crippen molar-refractivity contribution in [1.29, 1.82) is 0 Å². The first-order chi connectivity index (χ1) is 14.7.